The maximum Gasteiger partial charge on any atom is 0.0465 e. The lowest BCUT2D eigenvalue weighted by molar-refractivity contribution is 0.643. The van der Waals surface area contributed by atoms with E-state index in [4.69, 9.17) is 0 Å². The molecule has 1 atom stereocenters. The number of allylic oxidation sites excluding steroid dienone is 4. The Morgan fingerprint density at radius 2 is 1.36 bits per heavy atom. The Hall–Kier alpha value is -3.36. The lowest BCUT2D eigenvalue weighted by Crippen LogP contribution is -2.18. The molecule has 0 spiro atoms. The fourth-order valence-electron chi connectivity index (χ4n) is 5.77. The molecule has 4 aromatic carbocycles. The van der Waals surface area contributed by atoms with E-state index in [-0.39, 0.29) is 5.41 Å². The van der Waals surface area contributed by atoms with E-state index in [1.807, 2.05) is 0 Å². The lowest BCUT2D eigenvalue weighted by Gasteiger charge is -2.29. The fraction of sp³-hybridized carbons (Fsp3) is 0.176. The predicted molar refractivity (Wildman–Crippen MR) is 157 cm³/mol. The molecular formula is C34H30BrN. The van der Waals surface area contributed by atoms with Crippen molar-refractivity contribution in [3.63, 3.8) is 0 Å². The highest BCUT2D eigenvalue weighted by Crippen LogP contribution is 2.52. The van der Waals surface area contributed by atoms with Crippen LogP contribution in [0.15, 0.2) is 119 Å². The quantitative estimate of drug-likeness (QED) is 0.253. The fourth-order valence-corrected chi connectivity index (χ4v) is 6.03. The van der Waals surface area contributed by atoms with Crippen LogP contribution in [-0.4, -0.2) is 0 Å². The molecule has 0 radical (unpaired) electrons. The molecule has 1 unspecified atom stereocenters. The van der Waals surface area contributed by atoms with Gasteiger partial charge in [0.2, 0.25) is 0 Å². The second-order valence-electron chi connectivity index (χ2n) is 10.5. The minimum absolute atomic E-state index is 0.000130. The first kappa shape index (κ1) is 23.1. The highest BCUT2D eigenvalue weighted by molar-refractivity contribution is 9.10. The smallest absolute Gasteiger partial charge is 0.0465 e. The molecule has 0 saturated heterocycles. The van der Waals surface area contributed by atoms with Gasteiger partial charge in [0, 0.05) is 26.9 Å². The van der Waals surface area contributed by atoms with Crippen molar-refractivity contribution in [1.29, 1.82) is 0 Å². The molecule has 178 valence electrons. The van der Waals surface area contributed by atoms with Gasteiger partial charge in [0.25, 0.3) is 0 Å². The van der Waals surface area contributed by atoms with Gasteiger partial charge < -0.3 is 4.90 Å². The van der Waals surface area contributed by atoms with E-state index in [1.165, 1.54) is 39.1 Å². The molecule has 0 amide bonds. The van der Waals surface area contributed by atoms with Crippen LogP contribution in [0.25, 0.3) is 16.7 Å². The van der Waals surface area contributed by atoms with Crippen molar-refractivity contribution in [3.05, 3.63) is 130 Å². The van der Waals surface area contributed by atoms with Crippen molar-refractivity contribution < 1.29 is 0 Å². The minimum atomic E-state index is -0.000130. The SMILES string of the molecule is CC1C=CC2=C(C1)c1ccc(N(c3ccc(Br)cc3)c3ccc(-c4ccccc4)cc3)cc1C2(C)C. The molecule has 2 heteroatoms. The van der Waals surface area contributed by atoms with Crippen molar-refractivity contribution in [2.24, 2.45) is 5.92 Å². The van der Waals surface area contributed by atoms with Gasteiger partial charge in [-0.2, -0.15) is 0 Å². The maximum atomic E-state index is 3.61. The molecule has 0 aromatic heterocycles. The molecule has 1 nitrogen and oxygen atoms in total. The largest absolute Gasteiger partial charge is 0.310 e. The summed E-state index contributed by atoms with van der Waals surface area (Å²) < 4.78 is 1.08. The molecule has 2 aliphatic carbocycles. The normalized spacial score (nSPS) is 17.6. The first-order chi connectivity index (χ1) is 17.4. The molecule has 0 N–H and O–H groups in total. The van der Waals surface area contributed by atoms with Crippen molar-refractivity contribution in [2.45, 2.75) is 32.6 Å². The monoisotopic (exact) mass is 531 g/mol. The molecule has 0 bridgehead atoms. The Morgan fingerprint density at radius 1 is 0.750 bits per heavy atom. The highest BCUT2D eigenvalue weighted by atomic mass is 79.9. The number of anilines is 3. The van der Waals surface area contributed by atoms with Crippen molar-refractivity contribution in [3.8, 4) is 11.1 Å². The summed E-state index contributed by atoms with van der Waals surface area (Å²) in [6.07, 6.45) is 5.87. The van der Waals surface area contributed by atoms with E-state index in [2.05, 4.69) is 151 Å². The summed E-state index contributed by atoms with van der Waals surface area (Å²) >= 11 is 3.61. The van der Waals surface area contributed by atoms with Crippen molar-refractivity contribution >= 4 is 38.6 Å². The Kier molecular flexibility index (Phi) is 5.73. The Bertz CT molecular complexity index is 1470. The lowest BCUT2D eigenvalue weighted by atomic mass is 9.79. The van der Waals surface area contributed by atoms with Crippen molar-refractivity contribution in [2.75, 3.05) is 4.90 Å². The zero-order valence-corrected chi connectivity index (χ0v) is 22.6. The molecule has 2 aliphatic rings. The molecule has 0 aliphatic heterocycles. The predicted octanol–water partition coefficient (Wildman–Crippen LogP) is 10.2. The number of fused-ring (bicyclic) bond motifs is 2. The van der Waals surface area contributed by atoms with Gasteiger partial charge in [-0.25, -0.2) is 0 Å². The molecule has 6 rings (SSSR count). The standard InChI is InChI=1S/C34H30BrN/c1-23-9-20-32-31(21-23)30-19-18-29(22-33(30)34(32,2)3)36(28-16-12-26(35)13-17-28)27-14-10-25(11-15-27)24-7-5-4-6-8-24/h4-20,22-23H,21H2,1-3H3. The Balaban J connectivity index is 1.45. The van der Waals surface area contributed by atoms with Gasteiger partial charge in [0.15, 0.2) is 0 Å². The summed E-state index contributed by atoms with van der Waals surface area (Å²) in [5.74, 6) is 0.590. The summed E-state index contributed by atoms with van der Waals surface area (Å²) in [5, 5.41) is 0. The zero-order valence-electron chi connectivity index (χ0n) is 21.0. The molecule has 4 aromatic rings. The molecular weight excluding hydrogens is 502 g/mol. The number of nitrogens with zero attached hydrogens (tertiary/aromatic N) is 1. The third kappa shape index (κ3) is 3.94. The van der Waals surface area contributed by atoms with Crippen LogP contribution in [0.5, 0.6) is 0 Å². The van der Waals surface area contributed by atoms with Gasteiger partial charge >= 0.3 is 0 Å². The van der Waals surface area contributed by atoms with Gasteiger partial charge in [0.1, 0.15) is 0 Å². The van der Waals surface area contributed by atoms with E-state index < -0.39 is 0 Å². The van der Waals surface area contributed by atoms with Gasteiger partial charge in [-0.1, -0.05) is 97.4 Å². The summed E-state index contributed by atoms with van der Waals surface area (Å²) in [7, 11) is 0. The summed E-state index contributed by atoms with van der Waals surface area (Å²) in [4.78, 5) is 2.37. The van der Waals surface area contributed by atoms with E-state index in [0.717, 1.165) is 22.3 Å². The summed E-state index contributed by atoms with van der Waals surface area (Å²) in [6, 6.07) is 35.1. The number of benzene rings is 4. The minimum Gasteiger partial charge on any atom is -0.310 e. The average molecular weight is 533 g/mol. The molecule has 36 heavy (non-hydrogen) atoms. The van der Waals surface area contributed by atoms with E-state index in [0.29, 0.717) is 5.92 Å². The van der Waals surface area contributed by atoms with Crippen LogP contribution in [-0.2, 0) is 5.41 Å². The van der Waals surface area contributed by atoms with Crippen LogP contribution in [0.4, 0.5) is 17.1 Å². The van der Waals surface area contributed by atoms with Crippen LogP contribution in [0.3, 0.4) is 0 Å². The second-order valence-corrected chi connectivity index (χ2v) is 11.4. The first-order valence-corrected chi connectivity index (χ1v) is 13.5. The maximum absolute atomic E-state index is 3.61. The molecule has 0 fully saturated rings. The third-order valence-corrected chi connectivity index (χ3v) is 8.22. The van der Waals surface area contributed by atoms with E-state index in [1.54, 1.807) is 0 Å². The van der Waals surface area contributed by atoms with Crippen LogP contribution in [0, 0.1) is 5.92 Å². The topological polar surface area (TPSA) is 3.24 Å². The number of halogens is 1. The summed E-state index contributed by atoms with van der Waals surface area (Å²) in [5.41, 5.74) is 11.8. The number of hydrogen-bond donors (Lipinski definition) is 0. The number of hydrogen-bond acceptors (Lipinski definition) is 1. The third-order valence-electron chi connectivity index (χ3n) is 7.69. The Labute approximate surface area is 222 Å². The zero-order chi connectivity index (χ0) is 24.9. The van der Waals surface area contributed by atoms with Crippen LogP contribution >= 0.6 is 15.9 Å². The second kappa shape index (κ2) is 8.94. The highest BCUT2D eigenvalue weighted by Gasteiger charge is 2.38. The van der Waals surface area contributed by atoms with E-state index in [9.17, 15) is 0 Å². The molecule has 0 heterocycles. The van der Waals surface area contributed by atoms with Crippen molar-refractivity contribution in [1.82, 2.24) is 0 Å². The van der Waals surface area contributed by atoms with Gasteiger partial charge in [0.05, 0.1) is 0 Å². The summed E-state index contributed by atoms with van der Waals surface area (Å²) in [6.45, 7) is 7.06. The molecule has 0 saturated carbocycles. The van der Waals surface area contributed by atoms with Gasteiger partial charge in [-0.15, -0.1) is 0 Å². The van der Waals surface area contributed by atoms with Crippen LogP contribution in [0.1, 0.15) is 38.3 Å². The van der Waals surface area contributed by atoms with E-state index >= 15 is 0 Å². The first-order valence-electron chi connectivity index (χ1n) is 12.7. The Morgan fingerprint density at radius 3 is 2.06 bits per heavy atom. The van der Waals surface area contributed by atoms with Crippen LogP contribution < -0.4 is 4.90 Å². The average Bonchev–Trinajstić information content (AvgIpc) is 3.12. The van der Waals surface area contributed by atoms with Gasteiger partial charge in [-0.3, -0.25) is 0 Å². The van der Waals surface area contributed by atoms with Gasteiger partial charge in [-0.05, 0) is 94.3 Å². The number of rotatable bonds is 4. The van der Waals surface area contributed by atoms with Crippen LogP contribution in [0.2, 0.25) is 0 Å².